The van der Waals surface area contributed by atoms with Gasteiger partial charge in [-0.05, 0) is 50.0 Å². The van der Waals surface area contributed by atoms with Crippen LogP contribution in [-0.4, -0.2) is 34.9 Å². The van der Waals surface area contributed by atoms with Crippen LogP contribution in [0.15, 0.2) is 23.8 Å². The first-order valence-corrected chi connectivity index (χ1v) is 10.1. The largest absolute Gasteiger partial charge is 0.489 e. The summed E-state index contributed by atoms with van der Waals surface area (Å²) in [7, 11) is 0. The molecular weight excluding hydrogens is 380 g/mol. The van der Waals surface area contributed by atoms with Crippen LogP contribution < -0.4 is 10.1 Å². The predicted molar refractivity (Wildman–Crippen MR) is 107 cm³/mol. The van der Waals surface area contributed by atoms with Gasteiger partial charge >= 0.3 is 6.03 Å². The normalized spacial score (nSPS) is 21.0. The van der Waals surface area contributed by atoms with Crippen molar-refractivity contribution in [2.75, 3.05) is 0 Å². The molecule has 2 aliphatic rings. The molecule has 1 N–H and O–H groups in total. The minimum Gasteiger partial charge on any atom is -0.489 e. The van der Waals surface area contributed by atoms with Gasteiger partial charge < -0.3 is 4.74 Å². The average Bonchev–Trinajstić information content (AvgIpc) is 2.67. The summed E-state index contributed by atoms with van der Waals surface area (Å²) in [6.45, 7) is 3.97. The molecule has 1 heterocycles. The van der Waals surface area contributed by atoms with E-state index in [4.69, 9.17) is 16.3 Å². The van der Waals surface area contributed by atoms with Crippen molar-refractivity contribution in [1.29, 1.82) is 0 Å². The van der Waals surface area contributed by atoms with Crippen LogP contribution in [0.4, 0.5) is 4.79 Å². The van der Waals surface area contributed by atoms with Crippen LogP contribution in [0.5, 0.6) is 5.75 Å². The van der Waals surface area contributed by atoms with Gasteiger partial charge in [0.15, 0.2) is 0 Å². The summed E-state index contributed by atoms with van der Waals surface area (Å²) in [5, 5.41) is 2.69. The van der Waals surface area contributed by atoms with Gasteiger partial charge in [0.1, 0.15) is 11.3 Å². The third-order valence-electron chi connectivity index (χ3n) is 5.24. The van der Waals surface area contributed by atoms with E-state index in [1.54, 1.807) is 18.2 Å². The lowest BCUT2D eigenvalue weighted by Gasteiger charge is -2.35. The molecule has 1 saturated heterocycles. The molecule has 1 aliphatic carbocycles. The second kappa shape index (κ2) is 8.78. The van der Waals surface area contributed by atoms with E-state index < -0.39 is 17.8 Å². The van der Waals surface area contributed by atoms with E-state index >= 15 is 0 Å². The highest BCUT2D eigenvalue weighted by Crippen LogP contribution is 2.29. The third-order valence-corrected chi connectivity index (χ3v) is 5.54. The highest BCUT2D eigenvalue weighted by molar-refractivity contribution is 6.33. The zero-order valence-corrected chi connectivity index (χ0v) is 16.9. The Labute approximate surface area is 169 Å². The number of barbiturate groups is 1. The van der Waals surface area contributed by atoms with Gasteiger partial charge in [-0.25, -0.2) is 4.79 Å². The number of imide groups is 2. The van der Waals surface area contributed by atoms with Crippen molar-refractivity contribution in [3.8, 4) is 5.75 Å². The lowest BCUT2D eigenvalue weighted by molar-refractivity contribution is -0.132. The summed E-state index contributed by atoms with van der Waals surface area (Å²) in [6.07, 6.45) is 6.94. The van der Waals surface area contributed by atoms with E-state index in [-0.39, 0.29) is 17.7 Å². The van der Waals surface area contributed by atoms with Crippen LogP contribution in [0, 0.1) is 0 Å². The van der Waals surface area contributed by atoms with Gasteiger partial charge in [-0.2, -0.15) is 0 Å². The monoisotopic (exact) mass is 404 g/mol. The minimum absolute atomic E-state index is 0.0301. The Hall–Kier alpha value is -2.34. The highest BCUT2D eigenvalue weighted by atomic mass is 35.5. The number of carbonyl (C=O) groups is 3. The number of hydrogen-bond acceptors (Lipinski definition) is 4. The average molecular weight is 405 g/mol. The lowest BCUT2D eigenvalue weighted by atomic mass is 9.93. The van der Waals surface area contributed by atoms with Gasteiger partial charge in [0.05, 0.1) is 11.1 Å². The molecule has 1 aliphatic heterocycles. The Kier molecular flexibility index (Phi) is 6.39. The summed E-state index contributed by atoms with van der Waals surface area (Å²) >= 11 is 6.29. The molecule has 0 aromatic heterocycles. The summed E-state index contributed by atoms with van der Waals surface area (Å²) in [6, 6.07) is 4.31. The number of hydrogen-bond donors (Lipinski definition) is 1. The van der Waals surface area contributed by atoms with Gasteiger partial charge in [0, 0.05) is 6.04 Å². The van der Waals surface area contributed by atoms with Gasteiger partial charge in [0.25, 0.3) is 11.8 Å². The van der Waals surface area contributed by atoms with E-state index in [0.29, 0.717) is 16.3 Å². The first-order chi connectivity index (χ1) is 13.4. The van der Waals surface area contributed by atoms with Crippen LogP contribution in [-0.2, 0) is 9.59 Å². The standard InChI is InChI=1S/C21H25ClN2O4/c1-3-13(2)28-18-10-9-14(12-17(18)22)11-16-19(25)23-21(27)24(20(16)26)15-7-5-4-6-8-15/h9-13,15H,3-8H2,1-2H3,(H,23,25,27). The Morgan fingerprint density at radius 3 is 2.61 bits per heavy atom. The second-order valence-electron chi connectivity index (χ2n) is 7.31. The van der Waals surface area contributed by atoms with Crippen LogP contribution >= 0.6 is 11.6 Å². The van der Waals surface area contributed by atoms with Crippen molar-refractivity contribution in [2.24, 2.45) is 0 Å². The van der Waals surface area contributed by atoms with Crippen LogP contribution in [0.25, 0.3) is 6.08 Å². The molecule has 1 atom stereocenters. The van der Waals surface area contributed by atoms with Crippen molar-refractivity contribution in [2.45, 2.75) is 64.5 Å². The Bertz CT molecular complexity index is 815. The predicted octanol–water partition coefficient (Wildman–Crippen LogP) is 4.31. The van der Waals surface area contributed by atoms with Crippen molar-refractivity contribution < 1.29 is 19.1 Å². The number of carbonyl (C=O) groups excluding carboxylic acids is 3. The highest BCUT2D eigenvalue weighted by Gasteiger charge is 2.40. The molecule has 28 heavy (non-hydrogen) atoms. The van der Waals surface area contributed by atoms with Gasteiger partial charge in [-0.15, -0.1) is 0 Å². The Morgan fingerprint density at radius 2 is 1.96 bits per heavy atom. The fraction of sp³-hybridized carbons (Fsp3) is 0.476. The summed E-state index contributed by atoms with van der Waals surface area (Å²) < 4.78 is 5.74. The second-order valence-corrected chi connectivity index (χ2v) is 7.72. The molecule has 1 aromatic carbocycles. The molecule has 1 aromatic rings. The maximum absolute atomic E-state index is 12.9. The minimum atomic E-state index is -0.682. The van der Waals surface area contributed by atoms with Crippen molar-refractivity contribution >= 4 is 35.5 Å². The number of urea groups is 1. The van der Waals surface area contributed by atoms with E-state index in [9.17, 15) is 14.4 Å². The number of nitrogens with one attached hydrogen (secondary N) is 1. The van der Waals surface area contributed by atoms with Crippen LogP contribution in [0.3, 0.4) is 0 Å². The number of ether oxygens (including phenoxy) is 1. The number of nitrogens with zero attached hydrogens (tertiary/aromatic N) is 1. The molecule has 0 spiro atoms. The van der Waals surface area contributed by atoms with Gasteiger partial charge in [0.2, 0.25) is 0 Å². The van der Waals surface area contributed by atoms with Crippen molar-refractivity contribution in [3.63, 3.8) is 0 Å². The molecule has 0 radical (unpaired) electrons. The zero-order chi connectivity index (χ0) is 20.3. The molecule has 1 unspecified atom stereocenters. The Morgan fingerprint density at radius 1 is 1.25 bits per heavy atom. The molecule has 150 valence electrons. The maximum Gasteiger partial charge on any atom is 0.331 e. The summed E-state index contributed by atoms with van der Waals surface area (Å²) in [5.41, 5.74) is 0.537. The topological polar surface area (TPSA) is 75.7 Å². The van der Waals surface area contributed by atoms with E-state index in [1.165, 1.54) is 11.0 Å². The summed E-state index contributed by atoms with van der Waals surface area (Å²) in [5.74, 6) is -0.675. The smallest absolute Gasteiger partial charge is 0.331 e. The SMILES string of the molecule is CCC(C)Oc1ccc(C=C2C(=O)NC(=O)N(C3CCCCC3)C2=O)cc1Cl. The molecule has 6 nitrogen and oxygen atoms in total. The van der Waals surface area contributed by atoms with E-state index in [1.807, 2.05) is 13.8 Å². The molecule has 3 rings (SSSR count). The number of halogens is 1. The van der Waals surface area contributed by atoms with Crippen LogP contribution in [0.2, 0.25) is 5.02 Å². The summed E-state index contributed by atoms with van der Waals surface area (Å²) in [4.78, 5) is 38.6. The van der Waals surface area contributed by atoms with E-state index in [2.05, 4.69) is 5.32 Å². The van der Waals surface area contributed by atoms with Crippen molar-refractivity contribution in [1.82, 2.24) is 10.2 Å². The molecule has 1 saturated carbocycles. The number of benzene rings is 1. The maximum atomic E-state index is 12.9. The molecule has 0 bridgehead atoms. The molecular formula is C21H25ClN2O4. The zero-order valence-electron chi connectivity index (χ0n) is 16.2. The van der Waals surface area contributed by atoms with Crippen molar-refractivity contribution in [3.05, 3.63) is 34.4 Å². The number of rotatable bonds is 5. The molecule has 4 amide bonds. The first kappa shape index (κ1) is 20.4. The van der Waals surface area contributed by atoms with Crippen LogP contribution in [0.1, 0.15) is 57.9 Å². The fourth-order valence-electron chi connectivity index (χ4n) is 3.51. The fourth-order valence-corrected chi connectivity index (χ4v) is 3.74. The van der Waals surface area contributed by atoms with Gasteiger partial charge in [-0.3, -0.25) is 19.8 Å². The molecule has 2 fully saturated rings. The lowest BCUT2D eigenvalue weighted by Crippen LogP contribution is -2.58. The van der Waals surface area contributed by atoms with E-state index in [0.717, 1.165) is 38.5 Å². The van der Waals surface area contributed by atoms with Gasteiger partial charge in [-0.1, -0.05) is 43.9 Å². The quantitative estimate of drug-likeness (QED) is 0.586. The third kappa shape index (κ3) is 4.38. The first-order valence-electron chi connectivity index (χ1n) is 9.77. The number of amides is 4. The Balaban J connectivity index is 1.85. The molecule has 7 heteroatoms.